The predicted molar refractivity (Wildman–Crippen MR) is 60.0 cm³/mol. The Morgan fingerprint density at radius 1 is 1.06 bits per heavy atom. The van der Waals surface area contributed by atoms with Gasteiger partial charge in [-0.2, -0.15) is 5.26 Å². The summed E-state index contributed by atoms with van der Waals surface area (Å²) in [7, 11) is -3.76. The molecule has 2 aromatic carbocycles. The Labute approximate surface area is 93.0 Å². The molecule has 0 fully saturated rings. The molecule has 2 N–H and O–H groups in total. The van der Waals surface area contributed by atoms with Gasteiger partial charge in [0.05, 0.1) is 16.5 Å². The van der Waals surface area contributed by atoms with Gasteiger partial charge in [0.1, 0.15) is 0 Å². The molecule has 0 heterocycles. The highest BCUT2D eigenvalue weighted by Crippen LogP contribution is 2.24. The minimum Gasteiger partial charge on any atom is -0.225 e. The van der Waals surface area contributed by atoms with Gasteiger partial charge in [-0.15, -0.1) is 0 Å². The van der Waals surface area contributed by atoms with E-state index in [1.54, 1.807) is 24.3 Å². The Morgan fingerprint density at radius 2 is 1.69 bits per heavy atom. The number of nitriles is 1. The van der Waals surface area contributed by atoms with Crippen LogP contribution >= 0.6 is 0 Å². The molecular weight excluding hydrogens is 224 g/mol. The van der Waals surface area contributed by atoms with E-state index in [4.69, 9.17) is 10.4 Å². The van der Waals surface area contributed by atoms with Crippen molar-refractivity contribution in [2.45, 2.75) is 4.90 Å². The van der Waals surface area contributed by atoms with Crippen LogP contribution in [0.5, 0.6) is 0 Å². The molecule has 0 bridgehead atoms. The fourth-order valence-corrected chi connectivity index (χ4v) is 2.36. The summed E-state index contributed by atoms with van der Waals surface area (Å²) < 4.78 is 22.7. The number of hydrogen-bond donors (Lipinski definition) is 1. The van der Waals surface area contributed by atoms with Crippen molar-refractivity contribution in [3.05, 3.63) is 42.0 Å². The number of rotatable bonds is 1. The zero-order valence-corrected chi connectivity index (χ0v) is 9.03. The zero-order chi connectivity index (χ0) is 11.8. The van der Waals surface area contributed by atoms with Crippen LogP contribution in [-0.4, -0.2) is 8.42 Å². The lowest BCUT2D eigenvalue weighted by Crippen LogP contribution is -2.12. The lowest BCUT2D eigenvalue weighted by Gasteiger charge is -2.05. The van der Waals surface area contributed by atoms with Gasteiger partial charge < -0.3 is 0 Å². The van der Waals surface area contributed by atoms with Crippen molar-refractivity contribution in [1.82, 2.24) is 0 Å². The average Bonchev–Trinajstić information content (AvgIpc) is 2.26. The maximum absolute atomic E-state index is 11.3. The third-order valence-corrected chi connectivity index (χ3v) is 3.28. The van der Waals surface area contributed by atoms with Gasteiger partial charge in [0, 0.05) is 10.8 Å². The van der Waals surface area contributed by atoms with Gasteiger partial charge in [0.25, 0.3) is 0 Å². The van der Waals surface area contributed by atoms with Gasteiger partial charge in [0.15, 0.2) is 0 Å². The van der Waals surface area contributed by atoms with E-state index in [1.807, 2.05) is 6.07 Å². The summed E-state index contributed by atoms with van der Waals surface area (Å²) in [5.74, 6) is 0. The first-order chi connectivity index (χ1) is 7.54. The van der Waals surface area contributed by atoms with Crippen molar-refractivity contribution in [2.75, 3.05) is 0 Å². The van der Waals surface area contributed by atoms with Crippen LogP contribution in [-0.2, 0) is 10.0 Å². The summed E-state index contributed by atoms with van der Waals surface area (Å²) in [5.41, 5.74) is 0.433. The van der Waals surface area contributed by atoms with E-state index in [0.717, 1.165) is 0 Å². The number of hydrogen-bond acceptors (Lipinski definition) is 3. The third kappa shape index (κ3) is 1.65. The second-order valence-electron chi connectivity index (χ2n) is 3.31. The largest absolute Gasteiger partial charge is 0.238 e. The molecule has 0 saturated carbocycles. The highest BCUT2D eigenvalue weighted by Gasteiger charge is 2.13. The lowest BCUT2D eigenvalue weighted by atomic mass is 10.1. The second-order valence-corrected chi connectivity index (χ2v) is 4.84. The van der Waals surface area contributed by atoms with Gasteiger partial charge in [0.2, 0.25) is 10.0 Å². The quantitative estimate of drug-likeness (QED) is 0.805. The molecule has 0 aromatic heterocycles. The van der Waals surface area contributed by atoms with Gasteiger partial charge >= 0.3 is 0 Å². The predicted octanol–water partition coefficient (Wildman–Crippen LogP) is 1.36. The molecule has 0 amide bonds. The van der Waals surface area contributed by atoms with Crippen molar-refractivity contribution < 1.29 is 8.42 Å². The maximum atomic E-state index is 11.3. The molecule has 0 spiro atoms. The van der Waals surface area contributed by atoms with E-state index in [-0.39, 0.29) is 4.90 Å². The molecule has 2 aromatic rings. The molecular formula is C11H8N2O2S. The summed E-state index contributed by atoms with van der Waals surface area (Å²) in [6.07, 6.45) is 0. The maximum Gasteiger partial charge on any atom is 0.238 e. The fraction of sp³-hybridized carbons (Fsp3) is 0. The van der Waals surface area contributed by atoms with Crippen molar-refractivity contribution in [3.63, 3.8) is 0 Å². The number of sulfonamides is 1. The molecule has 0 aliphatic rings. The van der Waals surface area contributed by atoms with Crippen LogP contribution in [0.25, 0.3) is 10.8 Å². The van der Waals surface area contributed by atoms with Crippen LogP contribution in [0.3, 0.4) is 0 Å². The lowest BCUT2D eigenvalue weighted by molar-refractivity contribution is 0.598. The SMILES string of the molecule is N#Cc1ccc(S(N)(=O)=O)c2ccccc12. The first-order valence-electron chi connectivity index (χ1n) is 4.48. The standard InChI is InChI=1S/C11H8N2O2S/c12-7-8-5-6-11(16(13,14)15)10-4-2-1-3-9(8)10/h1-6H,(H2,13,14,15). The fourth-order valence-electron chi connectivity index (χ4n) is 1.62. The molecule has 0 aliphatic heterocycles. The second kappa shape index (κ2) is 3.59. The summed E-state index contributed by atoms with van der Waals surface area (Å²) in [6.45, 7) is 0. The topological polar surface area (TPSA) is 83.9 Å². The van der Waals surface area contributed by atoms with E-state index in [2.05, 4.69) is 0 Å². The highest BCUT2D eigenvalue weighted by molar-refractivity contribution is 7.89. The average molecular weight is 232 g/mol. The molecule has 16 heavy (non-hydrogen) atoms. The van der Waals surface area contributed by atoms with Gasteiger partial charge in [-0.05, 0) is 12.1 Å². The summed E-state index contributed by atoms with van der Waals surface area (Å²) in [6, 6.07) is 11.6. The van der Waals surface area contributed by atoms with Crippen LogP contribution in [0.1, 0.15) is 5.56 Å². The molecule has 0 radical (unpaired) electrons. The Bertz CT molecular complexity index is 699. The van der Waals surface area contributed by atoms with Gasteiger partial charge in [-0.3, -0.25) is 0 Å². The van der Waals surface area contributed by atoms with Crippen LogP contribution in [0.2, 0.25) is 0 Å². The van der Waals surface area contributed by atoms with E-state index >= 15 is 0 Å². The Morgan fingerprint density at radius 3 is 2.25 bits per heavy atom. The molecule has 0 saturated heterocycles. The van der Waals surface area contributed by atoms with E-state index in [1.165, 1.54) is 12.1 Å². The summed E-state index contributed by atoms with van der Waals surface area (Å²) >= 11 is 0. The van der Waals surface area contributed by atoms with E-state index < -0.39 is 10.0 Å². The molecule has 5 heteroatoms. The molecule has 4 nitrogen and oxygen atoms in total. The Kier molecular flexibility index (Phi) is 2.38. The van der Waals surface area contributed by atoms with Crippen molar-refractivity contribution in [1.29, 1.82) is 5.26 Å². The first kappa shape index (κ1) is 10.6. The monoisotopic (exact) mass is 232 g/mol. The van der Waals surface area contributed by atoms with Crippen LogP contribution in [0, 0.1) is 11.3 Å². The van der Waals surface area contributed by atoms with Gasteiger partial charge in [-0.25, -0.2) is 13.6 Å². The third-order valence-electron chi connectivity index (χ3n) is 2.31. The number of nitrogens with zero attached hydrogens (tertiary/aromatic N) is 1. The summed E-state index contributed by atoms with van der Waals surface area (Å²) in [5, 5.41) is 15.1. The van der Waals surface area contributed by atoms with Crippen LogP contribution in [0.4, 0.5) is 0 Å². The molecule has 0 atom stereocenters. The van der Waals surface area contributed by atoms with Gasteiger partial charge in [-0.1, -0.05) is 24.3 Å². The minimum absolute atomic E-state index is 0.0436. The molecule has 80 valence electrons. The van der Waals surface area contributed by atoms with E-state index in [0.29, 0.717) is 16.3 Å². The number of primary sulfonamides is 1. The molecule has 2 rings (SSSR count). The number of fused-ring (bicyclic) bond motifs is 1. The van der Waals surface area contributed by atoms with Crippen LogP contribution < -0.4 is 5.14 Å². The molecule has 0 unspecified atom stereocenters. The Hall–Kier alpha value is -1.90. The smallest absolute Gasteiger partial charge is 0.225 e. The minimum atomic E-state index is -3.76. The van der Waals surface area contributed by atoms with E-state index in [9.17, 15) is 8.42 Å². The Balaban J connectivity index is 2.98. The van der Waals surface area contributed by atoms with Crippen molar-refractivity contribution >= 4 is 20.8 Å². The molecule has 0 aliphatic carbocycles. The normalized spacial score (nSPS) is 11.2. The first-order valence-corrected chi connectivity index (χ1v) is 6.03. The van der Waals surface area contributed by atoms with Crippen molar-refractivity contribution in [3.8, 4) is 6.07 Å². The van der Waals surface area contributed by atoms with Crippen molar-refractivity contribution in [2.24, 2.45) is 5.14 Å². The highest BCUT2D eigenvalue weighted by atomic mass is 32.2. The summed E-state index contributed by atoms with van der Waals surface area (Å²) in [4.78, 5) is 0.0436. The number of nitrogens with two attached hydrogens (primary N) is 1. The zero-order valence-electron chi connectivity index (χ0n) is 8.21. The number of benzene rings is 2. The van der Waals surface area contributed by atoms with Crippen LogP contribution in [0.15, 0.2) is 41.3 Å².